The van der Waals surface area contributed by atoms with Crippen LogP contribution in [0.15, 0.2) is 0 Å². The van der Waals surface area contributed by atoms with Crippen molar-refractivity contribution in [1.82, 2.24) is 4.90 Å². The Bertz CT molecular complexity index is 129. The van der Waals surface area contributed by atoms with Crippen LogP contribution in [0.5, 0.6) is 0 Å². The molecule has 61 valence electrons. The van der Waals surface area contributed by atoms with Gasteiger partial charge in [0.25, 0.3) is 0 Å². The Hall–Kier alpha value is 0.906. The van der Waals surface area contributed by atoms with Crippen LogP contribution in [0.4, 0.5) is 4.79 Å². The second kappa shape index (κ2) is 5.53. The molecule has 1 amide bonds. The predicted molar refractivity (Wildman–Crippen MR) is 45.7 cm³/mol. The zero-order valence-electron chi connectivity index (χ0n) is 8.26. The summed E-state index contributed by atoms with van der Waals surface area (Å²) in [5, 5.41) is 0. The summed E-state index contributed by atoms with van der Waals surface area (Å²) >= 11 is 0. The number of amides is 1. The summed E-state index contributed by atoms with van der Waals surface area (Å²) in [6.07, 6.45) is -0.299. The van der Waals surface area contributed by atoms with Crippen LogP contribution in [0, 0.1) is 0 Å². The summed E-state index contributed by atoms with van der Waals surface area (Å²) in [6, 6.07) is 0. The van der Waals surface area contributed by atoms with Crippen LogP contribution in [0.25, 0.3) is 0 Å². The second-order valence-corrected chi connectivity index (χ2v) is 3.37. The molecule has 0 saturated carbocycles. The largest absolute Gasteiger partial charge is 0.444 e. The molecule has 3 nitrogen and oxygen atoms in total. The molecule has 11 heavy (non-hydrogen) atoms. The first-order valence-electron chi connectivity index (χ1n) is 3.23. The van der Waals surface area contributed by atoms with Crippen LogP contribution >= 0.6 is 0 Å². The number of rotatable bonds is 0. The van der Waals surface area contributed by atoms with Gasteiger partial charge >= 0.3 is 6.09 Å². The molecule has 0 bridgehead atoms. The standard InChI is InChI=1S/C7H15NO2.K/c1-7(2,3)10-6(9)8(4)5;/h1-5H3;. The SMILES string of the molecule is CN(C)C(=O)OC(C)(C)C.[K]. The van der Waals surface area contributed by atoms with Gasteiger partial charge in [-0.1, -0.05) is 0 Å². The van der Waals surface area contributed by atoms with Crippen molar-refractivity contribution in [1.29, 1.82) is 0 Å². The fourth-order valence-corrected chi connectivity index (χ4v) is 0.353. The Morgan fingerprint density at radius 2 is 1.64 bits per heavy atom. The van der Waals surface area contributed by atoms with Gasteiger partial charge in [-0.05, 0) is 20.8 Å². The Balaban J connectivity index is 0. The summed E-state index contributed by atoms with van der Waals surface area (Å²) in [6.45, 7) is 5.52. The van der Waals surface area contributed by atoms with E-state index in [0.717, 1.165) is 0 Å². The summed E-state index contributed by atoms with van der Waals surface area (Å²) in [5.41, 5.74) is -0.388. The third-order valence-electron chi connectivity index (χ3n) is 0.759. The van der Waals surface area contributed by atoms with Crippen molar-refractivity contribution in [3.05, 3.63) is 0 Å². The number of hydrogen-bond acceptors (Lipinski definition) is 2. The molecular weight excluding hydrogens is 169 g/mol. The quantitative estimate of drug-likeness (QED) is 0.528. The molecular formula is C7H15KNO2. The van der Waals surface area contributed by atoms with Crippen molar-refractivity contribution in [3.8, 4) is 0 Å². The molecule has 4 heteroatoms. The Morgan fingerprint density at radius 1 is 1.27 bits per heavy atom. The van der Waals surface area contributed by atoms with Gasteiger partial charge in [-0.2, -0.15) is 0 Å². The van der Waals surface area contributed by atoms with Crippen LogP contribution in [-0.2, 0) is 4.74 Å². The molecule has 0 spiro atoms. The van der Waals surface area contributed by atoms with Crippen molar-refractivity contribution >= 4 is 57.5 Å². The first-order valence-corrected chi connectivity index (χ1v) is 3.23. The van der Waals surface area contributed by atoms with E-state index < -0.39 is 0 Å². The van der Waals surface area contributed by atoms with Gasteiger partial charge in [-0.3, -0.25) is 0 Å². The van der Waals surface area contributed by atoms with Gasteiger partial charge in [0, 0.05) is 65.5 Å². The van der Waals surface area contributed by atoms with E-state index in [1.807, 2.05) is 20.8 Å². The van der Waals surface area contributed by atoms with E-state index in [4.69, 9.17) is 4.74 Å². The molecule has 0 atom stereocenters. The van der Waals surface area contributed by atoms with Crippen molar-refractivity contribution in [2.45, 2.75) is 26.4 Å². The maximum absolute atomic E-state index is 10.9. The Labute approximate surface area is 111 Å². The third-order valence-corrected chi connectivity index (χ3v) is 0.759. The van der Waals surface area contributed by atoms with Crippen LogP contribution in [0.2, 0.25) is 0 Å². The molecule has 0 aromatic rings. The zero-order chi connectivity index (χ0) is 8.36. The summed E-state index contributed by atoms with van der Waals surface area (Å²) in [7, 11) is 3.32. The molecule has 0 aromatic heterocycles. The number of carbonyl (C=O) groups excluding carboxylic acids is 1. The summed E-state index contributed by atoms with van der Waals surface area (Å²) in [4.78, 5) is 12.3. The third kappa shape index (κ3) is 8.82. The van der Waals surface area contributed by atoms with E-state index in [1.165, 1.54) is 4.90 Å². The topological polar surface area (TPSA) is 29.5 Å². The minimum Gasteiger partial charge on any atom is -0.444 e. The van der Waals surface area contributed by atoms with Gasteiger partial charge in [0.2, 0.25) is 0 Å². The Kier molecular flexibility index (Phi) is 7.26. The van der Waals surface area contributed by atoms with Gasteiger partial charge < -0.3 is 9.64 Å². The molecule has 0 saturated heterocycles. The normalized spacial score (nSPS) is 9.91. The van der Waals surface area contributed by atoms with Gasteiger partial charge in [-0.25, -0.2) is 4.79 Å². The van der Waals surface area contributed by atoms with E-state index in [1.54, 1.807) is 14.1 Å². The predicted octanol–water partition coefficient (Wildman–Crippen LogP) is 1.10. The molecule has 0 N–H and O–H groups in total. The van der Waals surface area contributed by atoms with Crippen LogP contribution < -0.4 is 0 Å². The number of nitrogens with zero attached hydrogens (tertiary/aromatic N) is 1. The zero-order valence-corrected chi connectivity index (χ0v) is 11.4. The fourth-order valence-electron chi connectivity index (χ4n) is 0.353. The fraction of sp³-hybridized carbons (Fsp3) is 0.857. The van der Waals surface area contributed by atoms with Crippen molar-refractivity contribution in [2.24, 2.45) is 0 Å². The average Bonchev–Trinajstić information content (AvgIpc) is 1.60. The molecule has 0 aliphatic rings. The van der Waals surface area contributed by atoms with Crippen LogP contribution in [-0.4, -0.2) is 82.1 Å². The molecule has 0 aliphatic heterocycles. The van der Waals surface area contributed by atoms with E-state index in [0.29, 0.717) is 0 Å². The molecule has 0 aromatic carbocycles. The summed E-state index contributed by atoms with van der Waals surface area (Å²) in [5.74, 6) is 0. The van der Waals surface area contributed by atoms with Crippen molar-refractivity contribution < 1.29 is 9.53 Å². The molecule has 0 fully saturated rings. The van der Waals surface area contributed by atoms with E-state index in [2.05, 4.69) is 0 Å². The van der Waals surface area contributed by atoms with Gasteiger partial charge in [0.15, 0.2) is 0 Å². The van der Waals surface area contributed by atoms with E-state index in [-0.39, 0.29) is 63.1 Å². The molecule has 0 aliphatic carbocycles. The van der Waals surface area contributed by atoms with E-state index in [9.17, 15) is 4.79 Å². The molecule has 0 heterocycles. The minimum absolute atomic E-state index is 0. The average molecular weight is 184 g/mol. The van der Waals surface area contributed by atoms with Crippen molar-refractivity contribution in [3.63, 3.8) is 0 Å². The van der Waals surface area contributed by atoms with E-state index >= 15 is 0 Å². The van der Waals surface area contributed by atoms with Gasteiger partial charge in [0.1, 0.15) is 5.60 Å². The molecule has 1 radical (unpaired) electrons. The van der Waals surface area contributed by atoms with Gasteiger partial charge in [-0.15, -0.1) is 0 Å². The molecule has 0 rings (SSSR count). The smallest absolute Gasteiger partial charge is 0.409 e. The first-order chi connectivity index (χ1) is 4.33. The monoisotopic (exact) mass is 184 g/mol. The summed E-state index contributed by atoms with van der Waals surface area (Å²) < 4.78 is 4.99. The number of carbonyl (C=O) groups is 1. The van der Waals surface area contributed by atoms with Gasteiger partial charge in [0.05, 0.1) is 0 Å². The maximum atomic E-state index is 10.9. The first kappa shape index (κ1) is 14.4. The number of ether oxygens (including phenoxy) is 1. The molecule has 0 unspecified atom stereocenters. The van der Waals surface area contributed by atoms with Crippen molar-refractivity contribution in [2.75, 3.05) is 14.1 Å². The van der Waals surface area contributed by atoms with Crippen LogP contribution in [0.3, 0.4) is 0 Å². The van der Waals surface area contributed by atoms with Crippen LogP contribution in [0.1, 0.15) is 20.8 Å². The Morgan fingerprint density at radius 3 is 1.73 bits per heavy atom. The number of hydrogen-bond donors (Lipinski definition) is 0. The minimum atomic E-state index is -0.388. The maximum Gasteiger partial charge on any atom is 0.409 e. The second-order valence-electron chi connectivity index (χ2n) is 3.37.